The highest BCUT2D eigenvalue weighted by atomic mass is 35.5. The molecule has 4 rings (SSSR count). The van der Waals surface area contributed by atoms with E-state index < -0.39 is 9.84 Å². The molecule has 0 aliphatic carbocycles. The molecule has 0 N–H and O–H groups in total. The van der Waals surface area contributed by atoms with Crippen LogP contribution in [0.3, 0.4) is 0 Å². The molecule has 2 aromatic carbocycles. The number of carbonyl (C=O) groups is 1. The number of sulfone groups is 1. The van der Waals surface area contributed by atoms with Gasteiger partial charge in [-0.05, 0) is 30.2 Å². The van der Waals surface area contributed by atoms with Gasteiger partial charge >= 0.3 is 0 Å². The third kappa shape index (κ3) is 5.66. The lowest BCUT2D eigenvalue weighted by Gasteiger charge is -2.28. The van der Waals surface area contributed by atoms with Gasteiger partial charge in [-0.25, -0.2) is 8.42 Å². The molecule has 31 heavy (non-hydrogen) atoms. The fourth-order valence-electron chi connectivity index (χ4n) is 3.43. The molecule has 1 atom stereocenters. The van der Waals surface area contributed by atoms with Crippen LogP contribution in [-0.2, 0) is 21.2 Å². The number of carbonyl (C=O) groups excluding carboxylic acids is 1. The van der Waals surface area contributed by atoms with Gasteiger partial charge in [0.15, 0.2) is 9.84 Å². The molecule has 3 aromatic rings. The van der Waals surface area contributed by atoms with Crippen LogP contribution in [-0.4, -0.2) is 52.7 Å². The van der Waals surface area contributed by atoms with Gasteiger partial charge in [0, 0.05) is 23.2 Å². The highest BCUT2D eigenvalue weighted by molar-refractivity contribution is 7.99. The first-order chi connectivity index (χ1) is 14.9. The number of thioether (sulfide) groups is 1. The fraction of sp³-hybridized carbons (Fsp3) is 0.286. The smallest absolute Gasteiger partial charge is 0.277 e. The molecule has 0 saturated carbocycles. The Bertz CT molecular complexity index is 1170. The maximum atomic E-state index is 13.0. The summed E-state index contributed by atoms with van der Waals surface area (Å²) in [6.45, 7) is 0.359. The Morgan fingerprint density at radius 3 is 2.68 bits per heavy atom. The zero-order valence-electron chi connectivity index (χ0n) is 16.5. The highest BCUT2D eigenvalue weighted by Gasteiger charge is 2.34. The van der Waals surface area contributed by atoms with Crippen LogP contribution in [0.25, 0.3) is 11.5 Å². The molecular formula is C21H20ClN3O4S2. The first-order valence-electron chi connectivity index (χ1n) is 9.66. The molecule has 162 valence electrons. The quantitative estimate of drug-likeness (QED) is 0.479. The van der Waals surface area contributed by atoms with Crippen molar-refractivity contribution in [3.63, 3.8) is 0 Å². The van der Waals surface area contributed by atoms with E-state index in [-0.39, 0.29) is 34.4 Å². The summed E-state index contributed by atoms with van der Waals surface area (Å²) >= 11 is 7.13. The van der Waals surface area contributed by atoms with E-state index >= 15 is 0 Å². The number of rotatable bonds is 7. The van der Waals surface area contributed by atoms with Crippen LogP contribution >= 0.6 is 23.4 Å². The lowest BCUT2D eigenvalue weighted by Crippen LogP contribution is -2.41. The van der Waals surface area contributed by atoms with Gasteiger partial charge in [-0.2, -0.15) is 0 Å². The molecule has 1 saturated heterocycles. The minimum Gasteiger partial charge on any atom is -0.411 e. The third-order valence-electron chi connectivity index (χ3n) is 4.96. The van der Waals surface area contributed by atoms with Crippen molar-refractivity contribution in [2.75, 3.05) is 17.3 Å². The third-order valence-corrected chi connectivity index (χ3v) is 7.75. The van der Waals surface area contributed by atoms with Crippen molar-refractivity contribution in [3.05, 3.63) is 65.2 Å². The van der Waals surface area contributed by atoms with Crippen molar-refractivity contribution in [1.29, 1.82) is 0 Å². The molecule has 10 heteroatoms. The molecule has 0 radical (unpaired) electrons. The van der Waals surface area contributed by atoms with Crippen molar-refractivity contribution >= 4 is 39.1 Å². The molecular weight excluding hydrogens is 458 g/mol. The fourth-order valence-corrected chi connectivity index (χ4v) is 6.01. The van der Waals surface area contributed by atoms with Crippen molar-refractivity contribution in [1.82, 2.24) is 15.1 Å². The minimum absolute atomic E-state index is 0.00425. The number of aromatic nitrogens is 2. The topological polar surface area (TPSA) is 93.4 Å². The summed E-state index contributed by atoms with van der Waals surface area (Å²) in [7, 11) is -3.12. The van der Waals surface area contributed by atoms with E-state index in [1.54, 1.807) is 29.2 Å². The SMILES string of the molecule is O=C(CSc1nnc(-c2cccc(Cl)c2)o1)N(Cc1ccccc1)C1CCS(=O)(=O)C1. The Kier molecular flexibility index (Phi) is 6.64. The van der Waals surface area contributed by atoms with Gasteiger partial charge in [-0.1, -0.05) is 59.8 Å². The van der Waals surface area contributed by atoms with E-state index in [9.17, 15) is 13.2 Å². The Morgan fingerprint density at radius 2 is 1.97 bits per heavy atom. The molecule has 2 heterocycles. The Balaban J connectivity index is 1.45. The average Bonchev–Trinajstić information content (AvgIpc) is 3.37. The molecule has 1 unspecified atom stereocenters. The maximum Gasteiger partial charge on any atom is 0.277 e. The summed E-state index contributed by atoms with van der Waals surface area (Å²) in [5.41, 5.74) is 1.64. The first-order valence-corrected chi connectivity index (χ1v) is 12.8. The zero-order valence-corrected chi connectivity index (χ0v) is 18.9. The largest absolute Gasteiger partial charge is 0.411 e. The van der Waals surface area contributed by atoms with Crippen LogP contribution < -0.4 is 0 Å². The van der Waals surface area contributed by atoms with Crippen LogP contribution in [0.4, 0.5) is 0 Å². The summed E-state index contributed by atoms with van der Waals surface area (Å²) in [4.78, 5) is 14.7. The summed E-state index contributed by atoms with van der Waals surface area (Å²) in [6, 6.07) is 16.3. The zero-order chi connectivity index (χ0) is 21.8. The van der Waals surface area contributed by atoms with E-state index in [2.05, 4.69) is 10.2 Å². The molecule has 1 fully saturated rings. The first kappa shape index (κ1) is 21.9. The van der Waals surface area contributed by atoms with Crippen LogP contribution in [0.15, 0.2) is 64.2 Å². The number of nitrogens with zero attached hydrogens (tertiary/aromatic N) is 3. The second-order valence-corrected chi connectivity index (χ2v) is 10.8. The minimum atomic E-state index is -3.12. The molecule has 7 nitrogen and oxygen atoms in total. The monoisotopic (exact) mass is 477 g/mol. The number of amides is 1. The summed E-state index contributed by atoms with van der Waals surface area (Å²) < 4.78 is 29.6. The number of hydrogen-bond donors (Lipinski definition) is 0. The predicted octanol–water partition coefficient (Wildman–Crippen LogP) is 3.70. The maximum absolute atomic E-state index is 13.0. The van der Waals surface area contributed by atoms with Gasteiger partial charge in [0.2, 0.25) is 11.8 Å². The average molecular weight is 478 g/mol. The van der Waals surface area contributed by atoms with Crippen molar-refractivity contribution in [2.45, 2.75) is 24.2 Å². The molecule has 0 bridgehead atoms. The van der Waals surface area contributed by atoms with Gasteiger partial charge in [-0.15, -0.1) is 10.2 Å². The second-order valence-electron chi connectivity index (χ2n) is 7.24. The van der Waals surface area contributed by atoms with E-state index in [0.29, 0.717) is 29.4 Å². The van der Waals surface area contributed by atoms with Gasteiger partial charge < -0.3 is 9.32 Å². The molecule has 1 aromatic heterocycles. The Morgan fingerprint density at radius 1 is 1.16 bits per heavy atom. The van der Waals surface area contributed by atoms with E-state index in [0.717, 1.165) is 17.3 Å². The van der Waals surface area contributed by atoms with E-state index in [1.165, 1.54) is 0 Å². The van der Waals surface area contributed by atoms with Crippen molar-refractivity contribution < 1.29 is 17.6 Å². The van der Waals surface area contributed by atoms with Crippen LogP contribution in [0.2, 0.25) is 5.02 Å². The summed E-state index contributed by atoms with van der Waals surface area (Å²) in [5.74, 6) is 0.325. The van der Waals surface area contributed by atoms with Gasteiger partial charge in [0.25, 0.3) is 5.22 Å². The van der Waals surface area contributed by atoms with E-state index in [1.807, 2.05) is 30.3 Å². The number of halogens is 1. The Hall–Kier alpha value is -2.36. The summed E-state index contributed by atoms with van der Waals surface area (Å²) in [5, 5.41) is 8.83. The standard InChI is InChI=1S/C21H20ClN3O4S2/c22-17-8-4-7-16(11-17)20-23-24-21(29-20)30-13-19(26)25(12-15-5-2-1-3-6-15)18-9-10-31(27,28)14-18/h1-8,11,18H,9-10,12-14H2. The molecule has 1 aliphatic heterocycles. The Labute approximate surface area is 189 Å². The van der Waals surface area contributed by atoms with Crippen molar-refractivity contribution in [3.8, 4) is 11.5 Å². The highest BCUT2D eigenvalue weighted by Crippen LogP contribution is 2.26. The van der Waals surface area contributed by atoms with Gasteiger partial charge in [0.05, 0.1) is 17.3 Å². The van der Waals surface area contributed by atoms with Crippen LogP contribution in [0, 0.1) is 0 Å². The second kappa shape index (κ2) is 9.42. The number of hydrogen-bond acceptors (Lipinski definition) is 7. The number of benzene rings is 2. The summed E-state index contributed by atoms with van der Waals surface area (Å²) in [6.07, 6.45) is 0.449. The normalized spacial score (nSPS) is 17.5. The van der Waals surface area contributed by atoms with Gasteiger partial charge in [0.1, 0.15) is 0 Å². The van der Waals surface area contributed by atoms with Crippen molar-refractivity contribution in [2.24, 2.45) is 0 Å². The molecule has 1 aliphatic rings. The van der Waals surface area contributed by atoms with Gasteiger partial charge in [-0.3, -0.25) is 4.79 Å². The van der Waals surface area contributed by atoms with Crippen LogP contribution in [0.5, 0.6) is 0 Å². The molecule has 1 amide bonds. The lowest BCUT2D eigenvalue weighted by molar-refractivity contribution is -0.130. The van der Waals surface area contributed by atoms with Crippen LogP contribution in [0.1, 0.15) is 12.0 Å². The predicted molar refractivity (Wildman–Crippen MR) is 120 cm³/mol. The molecule has 0 spiro atoms. The lowest BCUT2D eigenvalue weighted by atomic mass is 10.1. The van der Waals surface area contributed by atoms with E-state index in [4.69, 9.17) is 16.0 Å².